The number of rotatable bonds is 2. The van der Waals surface area contributed by atoms with Crippen LogP contribution >= 0.6 is 0 Å². The van der Waals surface area contributed by atoms with Gasteiger partial charge in [0.15, 0.2) is 0 Å². The second-order valence-electron chi connectivity index (χ2n) is 4.76. The first-order chi connectivity index (χ1) is 7.68. The van der Waals surface area contributed by atoms with Gasteiger partial charge >= 0.3 is 0 Å². The van der Waals surface area contributed by atoms with E-state index in [0.29, 0.717) is 0 Å². The number of nitrogens with two attached hydrogens (primary N) is 1. The molecular formula is C12H22N4. The zero-order chi connectivity index (χ0) is 11.5. The maximum Gasteiger partial charge on any atom is 0.126 e. The topological polar surface area (TPSA) is 47.1 Å². The van der Waals surface area contributed by atoms with Gasteiger partial charge in [-0.05, 0) is 32.9 Å². The van der Waals surface area contributed by atoms with Crippen molar-refractivity contribution in [2.45, 2.75) is 39.2 Å². The lowest BCUT2D eigenvalue weighted by atomic mass is 10.2. The van der Waals surface area contributed by atoms with Crippen molar-refractivity contribution < 1.29 is 0 Å². The van der Waals surface area contributed by atoms with Crippen molar-refractivity contribution >= 4 is 5.82 Å². The lowest BCUT2D eigenvalue weighted by Gasteiger charge is -2.19. The minimum atomic E-state index is 0.821. The summed E-state index contributed by atoms with van der Waals surface area (Å²) in [6.45, 7) is 5.41. The van der Waals surface area contributed by atoms with Crippen LogP contribution in [-0.2, 0) is 13.6 Å². The van der Waals surface area contributed by atoms with Gasteiger partial charge in [0.2, 0.25) is 0 Å². The predicted octanol–water partition coefficient (Wildman–Crippen LogP) is 1.69. The van der Waals surface area contributed by atoms with E-state index >= 15 is 0 Å². The van der Waals surface area contributed by atoms with Crippen molar-refractivity contribution in [3.05, 3.63) is 11.3 Å². The highest BCUT2D eigenvalue weighted by molar-refractivity contribution is 5.42. The van der Waals surface area contributed by atoms with E-state index in [1.807, 2.05) is 14.0 Å². The Morgan fingerprint density at radius 3 is 2.31 bits per heavy atom. The van der Waals surface area contributed by atoms with Crippen molar-refractivity contribution in [3.63, 3.8) is 0 Å². The molecule has 90 valence electrons. The van der Waals surface area contributed by atoms with Crippen LogP contribution < -0.4 is 5.73 Å². The first-order valence-electron chi connectivity index (χ1n) is 6.19. The number of aryl methyl sites for hydroxylation is 2. The largest absolute Gasteiger partial charge is 0.384 e. The lowest BCUT2D eigenvalue weighted by Crippen LogP contribution is -2.24. The summed E-state index contributed by atoms with van der Waals surface area (Å²) in [5.41, 5.74) is 8.32. The molecule has 0 bridgehead atoms. The molecule has 0 saturated carbocycles. The van der Waals surface area contributed by atoms with Gasteiger partial charge in [0, 0.05) is 19.2 Å². The molecule has 2 rings (SSSR count). The molecule has 1 aliphatic heterocycles. The third kappa shape index (κ3) is 2.38. The van der Waals surface area contributed by atoms with Crippen molar-refractivity contribution in [1.82, 2.24) is 14.7 Å². The number of anilines is 1. The summed E-state index contributed by atoms with van der Waals surface area (Å²) in [5, 5.41) is 4.36. The zero-order valence-corrected chi connectivity index (χ0v) is 10.4. The number of hydrogen-bond acceptors (Lipinski definition) is 3. The Labute approximate surface area is 97.4 Å². The van der Waals surface area contributed by atoms with Gasteiger partial charge in [-0.25, -0.2) is 0 Å². The van der Waals surface area contributed by atoms with E-state index in [4.69, 9.17) is 5.73 Å². The van der Waals surface area contributed by atoms with Gasteiger partial charge in [0.1, 0.15) is 5.82 Å². The van der Waals surface area contributed by atoms with E-state index in [0.717, 1.165) is 18.1 Å². The fourth-order valence-corrected chi connectivity index (χ4v) is 2.43. The number of nitrogen functional groups attached to an aromatic ring is 1. The summed E-state index contributed by atoms with van der Waals surface area (Å²) in [4.78, 5) is 2.51. The predicted molar refractivity (Wildman–Crippen MR) is 66.1 cm³/mol. The molecule has 1 aliphatic rings. The number of nitrogens with zero attached hydrogens (tertiary/aromatic N) is 3. The smallest absolute Gasteiger partial charge is 0.126 e. The summed E-state index contributed by atoms with van der Waals surface area (Å²) in [7, 11) is 1.91. The molecule has 16 heavy (non-hydrogen) atoms. The molecule has 4 heteroatoms. The normalized spacial score (nSPS) is 18.6. The average molecular weight is 222 g/mol. The third-order valence-electron chi connectivity index (χ3n) is 3.47. The molecule has 1 aromatic heterocycles. The Morgan fingerprint density at radius 2 is 1.81 bits per heavy atom. The molecule has 0 amide bonds. The van der Waals surface area contributed by atoms with E-state index in [9.17, 15) is 0 Å². The summed E-state index contributed by atoms with van der Waals surface area (Å²) in [6.07, 6.45) is 5.38. The van der Waals surface area contributed by atoms with Crippen LogP contribution in [0.25, 0.3) is 0 Å². The van der Waals surface area contributed by atoms with Crippen LogP contribution in [-0.4, -0.2) is 27.8 Å². The molecule has 0 spiro atoms. The highest BCUT2D eigenvalue weighted by atomic mass is 15.3. The first kappa shape index (κ1) is 11.5. The molecule has 0 aliphatic carbocycles. The minimum absolute atomic E-state index is 0.821. The molecule has 1 fully saturated rings. The molecule has 1 saturated heterocycles. The van der Waals surface area contributed by atoms with Crippen LogP contribution in [0.1, 0.15) is 36.9 Å². The molecule has 1 aromatic rings. The SMILES string of the molecule is Cc1nn(C)c(N)c1CN1CCCCCC1. The molecule has 0 unspecified atom stereocenters. The van der Waals surface area contributed by atoms with Crippen LogP contribution in [0.15, 0.2) is 0 Å². The maximum atomic E-state index is 6.03. The maximum absolute atomic E-state index is 6.03. The Balaban J connectivity index is 2.07. The van der Waals surface area contributed by atoms with Gasteiger partial charge < -0.3 is 5.73 Å². The Kier molecular flexibility index (Phi) is 3.49. The lowest BCUT2D eigenvalue weighted by molar-refractivity contribution is 0.277. The number of hydrogen-bond donors (Lipinski definition) is 1. The molecular weight excluding hydrogens is 200 g/mol. The van der Waals surface area contributed by atoms with Gasteiger partial charge in [-0.3, -0.25) is 9.58 Å². The number of likely N-dealkylation sites (tertiary alicyclic amines) is 1. The molecule has 2 heterocycles. The van der Waals surface area contributed by atoms with Crippen LogP contribution in [0.2, 0.25) is 0 Å². The Hall–Kier alpha value is -1.03. The van der Waals surface area contributed by atoms with E-state index < -0.39 is 0 Å². The van der Waals surface area contributed by atoms with Gasteiger partial charge in [0.05, 0.1) is 5.69 Å². The first-order valence-corrected chi connectivity index (χ1v) is 6.19. The second-order valence-corrected chi connectivity index (χ2v) is 4.76. The quantitative estimate of drug-likeness (QED) is 0.828. The highest BCUT2D eigenvalue weighted by Gasteiger charge is 2.15. The van der Waals surface area contributed by atoms with Gasteiger partial charge in [0.25, 0.3) is 0 Å². The second kappa shape index (κ2) is 4.87. The van der Waals surface area contributed by atoms with Crippen LogP contribution in [0.3, 0.4) is 0 Å². The van der Waals surface area contributed by atoms with Crippen molar-refractivity contribution in [2.24, 2.45) is 7.05 Å². The van der Waals surface area contributed by atoms with E-state index in [1.165, 1.54) is 44.3 Å². The Morgan fingerprint density at radius 1 is 1.19 bits per heavy atom. The summed E-state index contributed by atoms with van der Waals surface area (Å²) >= 11 is 0. The Bertz CT molecular complexity index is 348. The van der Waals surface area contributed by atoms with E-state index in [2.05, 4.69) is 10.00 Å². The summed E-state index contributed by atoms with van der Waals surface area (Å²) in [6, 6.07) is 0. The van der Waals surface area contributed by atoms with Crippen molar-refractivity contribution in [3.8, 4) is 0 Å². The van der Waals surface area contributed by atoms with Crippen molar-refractivity contribution in [2.75, 3.05) is 18.8 Å². The molecule has 0 radical (unpaired) electrons. The zero-order valence-electron chi connectivity index (χ0n) is 10.4. The summed E-state index contributed by atoms with van der Waals surface area (Å²) in [5.74, 6) is 0.821. The molecule has 0 atom stereocenters. The average Bonchev–Trinajstić information content (AvgIpc) is 2.51. The van der Waals surface area contributed by atoms with Crippen LogP contribution in [0.5, 0.6) is 0 Å². The number of aromatic nitrogens is 2. The van der Waals surface area contributed by atoms with E-state index in [-0.39, 0.29) is 0 Å². The van der Waals surface area contributed by atoms with Crippen LogP contribution in [0, 0.1) is 6.92 Å². The minimum Gasteiger partial charge on any atom is -0.384 e. The standard InChI is InChI=1S/C12H22N4/c1-10-11(12(13)15(2)14-10)9-16-7-5-3-4-6-8-16/h3-9,13H2,1-2H3. The molecule has 4 nitrogen and oxygen atoms in total. The van der Waals surface area contributed by atoms with Gasteiger partial charge in [-0.15, -0.1) is 0 Å². The summed E-state index contributed by atoms with van der Waals surface area (Å²) < 4.78 is 1.78. The molecule has 2 N–H and O–H groups in total. The highest BCUT2D eigenvalue weighted by Crippen LogP contribution is 2.19. The van der Waals surface area contributed by atoms with Crippen molar-refractivity contribution in [1.29, 1.82) is 0 Å². The molecule has 0 aromatic carbocycles. The van der Waals surface area contributed by atoms with E-state index in [1.54, 1.807) is 4.68 Å². The van der Waals surface area contributed by atoms with Gasteiger partial charge in [-0.1, -0.05) is 12.8 Å². The fourth-order valence-electron chi connectivity index (χ4n) is 2.43. The van der Waals surface area contributed by atoms with Gasteiger partial charge in [-0.2, -0.15) is 5.10 Å². The fraction of sp³-hybridized carbons (Fsp3) is 0.750. The monoisotopic (exact) mass is 222 g/mol. The third-order valence-corrected chi connectivity index (χ3v) is 3.47. The van der Waals surface area contributed by atoms with Crippen LogP contribution in [0.4, 0.5) is 5.82 Å².